The lowest BCUT2D eigenvalue weighted by molar-refractivity contribution is -0.142. The maximum Gasteiger partial charge on any atom is 0.306 e. The van der Waals surface area contributed by atoms with Crippen molar-refractivity contribution in [1.82, 2.24) is 9.88 Å². The molecule has 1 saturated carbocycles. The molecule has 44 heavy (non-hydrogen) atoms. The van der Waals surface area contributed by atoms with Crippen molar-refractivity contribution >= 4 is 11.9 Å². The summed E-state index contributed by atoms with van der Waals surface area (Å²) < 4.78 is 27.1. The van der Waals surface area contributed by atoms with Gasteiger partial charge in [0.2, 0.25) is 11.8 Å². The highest BCUT2D eigenvalue weighted by Crippen LogP contribution is 2.48. The third kappa shape index (κ3) is 6.29. The maximum absolute atomic E-state index is 15.1. The quantitative estimate of drug-likeness (QED) is 0.299. The summed E-state index contributed by atoms with van der Waals surface area (Å²) >= 11 is 0. The van der Waals surface area contributed by atoms with Crippen molar-refractivity contribution in [2.75, 3.05) is 20.2 Å². The van der Waals surface area contributed by atoms with Gasteiger partial charge in [0.25, 0.3) is 0 Å². The molecular weight excluding hydrogens is 561 g/mol. The molecule has 1 amide bonds. The van der Waals surface area contributed by atoms with Crippen LogP contribution in [-0.2, 0) is 22.6 Å². The molecule has 8 nitrogen and oxygen atoms in total. The van der Waals surface area contributed by atoms with E-state index in [0.29, 0.717) is 36.7 Å². The van der Waals surface area contributed by atoms with Crippen LogP contribution >= 0.6 is 0 Å². The van der Waals surface area contributed by atoms with Gasteiger partial charge in [0, 0.05) is 24.1 Å². The van der Waals surface area contributed by atoms with Gasteiger partial charge in [-0.2, -0.15) is 0 Å². The van der Waals surface area contributed by atoms with Crippen molar-refractivity contribution in [2.45, 2.75) is 64.0 Å². The summed E-state index contributed by atoms with van der Waals surface area (Å²) in [6.45, 7) is 3.84. The van der Waals surface area contributed by atoms with Gasteiger partial charge in [-0.25, -0.2) is 9.37 Å². The Balaban J connectivity index is 1.30. The van der Waals surface area contributed by atoms with Crippen LogP contribution in [0.1, 0.15) is 73.3 Å². The minimum Gasteiger partial charge on any atom is -0.485 e. The van der Waals surface area contributed by atoms with Crippen LogP contribution in [0.4, 0.5) is 4.39 Å². The zero-order valence-electron chi connectivity index (χ0n) is 25.3. The van der Waals surface area contributed by atoms with Crippen molar-refractivity contribution in [3.8, 4) is 22.8 Å². The Labute approximate surface area is 257 Å². The first kappa shape index (κ1) is 30.1. The molecular formula is C35H40FN3O5. The van der Waals surface area contributed by atoms with E-state index in [2.05, 4.69) is 34.1 Å². The SMILES string of the molecule is COc1cc(-c2ccc(C3CCc4ccc([C@H](C5CC5)[C@H](C)C(=O)O)cc4O3)cc2CN2CCC(C(N)=O)CC2)c(F)cn1. The lowest BCUT2D eigenvalue weighted by atomic mass is 9.82. The smallest absolute Gasteiger partial charge is 0.306 e. The van der Waals surface area contributed by atoms with Gasteiger partial charge >= 0.3 is 5.97 Å². The molecule has 0 radical (unpaired) electrons. The first-order chi connectivity index (χ1) is 21.2. The van der Waals surface area contributed by atoms with Gasteiger partial charge in [-0.3, -0.25) is 14.5 Å². The van der Waals surface area contributed by atoms with E-state index in [9.17, 15) is 14.7 Å². The highest BCUT2D eigenvalue weighted by molar-refractivity contribution is 5.76. The van der Waals surface area contributed by atoms with E-state index in [1.807, 2.05) is 12.1 Å². The second-order valence-electron chi connectivity index (χ2n) is 12.6. The zero-order valence-corrected chi connectivity index (χ0v) is 25.3. The van der Waals surface area contributed by atoms with Gasteiger partial charge in [0.1, 0.15) is 17.7 Å². The lowest BCUT2D eigenvalue weighted by Gasteiger charge is -2.32. The Morgan fingerprint density at radius 2 is 1.86 bits per heavy atom. The number of hydrogen-bond donors (Lipinski definition) is 2. The number of carboxylic acids is 1. The lowest BCUT2D eigenvalue weighted by Crippen LogP contribution is -2.38. The number of rotatable bonds is 10. The largest absolute Gasteiger partial charge is 0.485 e. The second kappa shape index (κ2) is 12.6. The normalized spacial score (nSPS) is 20.3. The first-order valence-electron chi connectivity index (χ1n) is 15.6. The summed E-state index contributed by atoms with van der Waals surface area (Å²) in [6, 6.07) is 13.9. The van der Waals surface area contributed by atoms with E-state index >= 15 is 4.39 Å². The van der Waals surface area contributed by atoms with Crippen molar-refractivity contribution in [2.24, 2.45) is 23.5 Å². The molecule has 3 aliphatic rings. The number of aryl methyl sites for hydroxylation is 1. The number of benzene rings is 2. The van der Waals surface area contributed by atoms with Gasteiger partial charge in [-0.1, -0.05) is 37.3 Å². The maximum atomic E-state index is 15.1. The van der Waals surface area contributed by atoms with Crippen LogP contribution in [0, 0.1) is 23.6 Å². The number of methoxy groups -OCH3 is 1. The van der Waals surface area contributed by atoms with Gasteiger partial charge in [-0.05, 0) is 97.3 Å². The van der Waals surface area contributed by atoms with Crippen LogP contribution in [-0.4, -0.2) is 47.1 Å². The van der Waals surface area contributed by atoms with Gasteiger partial charge < -0.3 is 20.3 Å². The Kier molecular flexibility index (Phi) is 8.58. The number of halogens is 1. The van der Waals surface area contributed by atoms with Crippen molar-refractivity contribution in [3.05, 3.63) is 76.7 Å². The van der Waals surface area contributed by atoms with E-state index < -0.39 is 17.7 Å². The summed E-state index contributed by atoms with van der Waals surface area (Å²) in [5, 5.41) is 9.76. The number of nitrogens with two attached hydrogens (primary N) is 1. The number of pyridine rings is 1. The fourth-order valence-corrected chi connectivity index (χ4v) is 6.97. The number of carbonyl (C=O) groups is 2. The molecule has 0 bridgehead atoms. The molecule has 3 heterocycles. The molecule has 2 fully saturated rings. The number of aromatic nitrogens is 1. The molecule has 2 aliphatic heterocycles. The molecule has 3 atom stereocenters. The van der Waals surface area contributed by atoms with E-state index in [1.165, 1.54) is 13.3 Å². The predicted molar refractivity (Wildman–Crippen MR) is 164 cm³/mol. The van der Waals surface area contributed by atoms with Crippen LogP contribution in [0.15, 0.2) is 48.7 Å². The number of amides is 1. The van der Waals surface area contributed by atoms with Crippen molar-refractivity contribution in [3.63, 3.8) is 0 Å². The molecule has 1 saturated heterocycles. The topological polar surface area (TPSA) is 115 Å². The summed E-state index contributed by atoms with van der Waals surface area (Å²) in [7, 11) is 1.51. The Bertz CT molecular complexity index is 1550. The van der Waals surface area contributed by atoms with Gasteiger partial charge in [0.15, 0.2) is 0 Å². The number of fused-ring (bicyclic) bond motifs is 1. The van der Waals surface area contributed by atoms with Gasteiger partial charge in [0.05, 0.1) is 19.2 Å². The molecule has 3 N–H and O–H groups in total. The van der Waals surface area contributed by atoms with Crippen LogP contribution in [0.5, 0.6) is 11.6 Å². The van der Waals surface area contributed by atoms with Crippen LogP contribution in [0.3, 0.4) is 0 Å². The van der Waals surface area contributed by atoms with Crippen LogP contribution < -0.4 is 15.2 Å². The first-order valence-corrected chi connectivity index (χ1v) is 15.6. The zero-order chi connectivity index (χ0) is 31.0. The number of piperidine rings is 1. The number of ether oxygens (including phenoxy) is 2. The third-order valence-electron chi connectivity index (χ3n) is 9.69. The average molecular weight is 602 g/mol. The predicted octanol–water partition coefficient (Wildman–Crippen LogP) is 5.87. The Morgan fingerprint density at radius 3 is 2.55 bits per heavy atom. The monoisotopic (exact) mass is 601 g/mol. The number of likely N-dealkylation sites (tertiary alicyclic amines) is 1. The fraction of sp³-hybridized carbons (Fsp3) is 0.457. The minimum absolute atomic E-state index is 0.0291. The van der Waals surface area contributed by atoms with Crippen molar-refractivity contribution < 1.29 is 28.6 Å². The van der Waals surface area contributed by atoms with Crippen LogP contribution in [0.25, 0.3) is 11.1 Å². The molecule has 1 aliphatic carbocycles. The number of carbonyl (C=O) groups excluding carboxylic acids is 1. The molecule has 9 heteroatoms. The third-order valence-corrected chi connectivity index (χ3v) is 9.69. The second-order valence-corrected chi connectivity index (χ2v) is 12.6. The number of nitrogens with zero attached hydrogens (tertiary/aromatic N) is 2. The summed E-state index contributed by atoms with van der Waals surface area (Å²) in [5.41, 5.74) is 10.9. The number of carboxylic acid groups (broad SMARTS) is 1. The van der Waals surface area contributed by atoms with Gasteiger partial charge in [-0.15, -0.1) is 0 Å². The number of aliphatic carboxylic acids is 1. The summed E-state index contributed by atoms with van der Waals surface area (Å²) in [6.07, 6.45) is 6.15. The minimum atomic E-state index is -0.770. The molecule has 1 unspecified atom stereocenters. The molecule has 232 valence electrons. The van der Waals surface area contributed by atoms with E-state index in [1.54, 1.807) is 13.0 Å². The van der Waals surface area contributed by atoms with E-state index in [-0.39, 0.29) is 23.8 Å². The van der Waals surface area contributed by atoms with Crippen molar-refractivity contribution in [1.29, 1.82) is 0 Å². The summed E-state index contributed by atoms with van der Waals surface area (Å²) in [5.74, 6) is -0.511. The molecule has 6 rings (SSSR count). The summed E-state index contributed by atoms with van der Waals surface area (Å²) in [4.78, 5) is 29.9. The average Bonchev–Trinajstić information content (AvgIpc) is 3.86. The fourth-order valence-electron chi connectivity index (χ4n) is 6.97. The number of hydrogen-bond acceptors (Lipinski definition) is 6. The molecule has 1 aromatic heterocycles. The highest BCUT2D eigenvalue weighted by atomic mass is 19.1. The van der Waals surface area contributed by atoms with E-state index in [0.717, 1.165) is 72.3 Å². The van der Waals surface area contributed by atoms with E-state index in [4.69, 9.17) is 15.2 Å². The van der Waals surface area contributed by atoms with Crippen LogP contribution in [0.2, 0.25) is 0 Å². The molecule has 2 aromatic carbocycles. The molecule has 0 spiro atoms. The Morgan fingerprint density at radius 1 is 1.09 bits per heavy atom. The Hall–Kier alpha value is -3.98. The number of primary amides is 1. The highest BCUT2D eigenvalue weighted by Gasteiger charge is 2.39. The molecule has 3 aromatic rings. The standard InChI is InChI=1S/C35H40FN3O5/c1-20(35(41)42)33(22-4-5-22)25-6-3-21-8-10-30(44-31(21)16-25)24-7-9-27(28-17-32(43-2)38-18-29(28)36)26(15-24)19-39-13-11-23(12-14-39)34(37)40/h3,6-7,9,15-18,20,22-23,30,33H,4-5,8,10-14,19H2,1-2H3,(H2,37,40)(H,41,42)/t20-,30?,33-/m0/s1.